The highest BCUT2D eigenvalue weighted by atomic mass is 16.2. The molecule has 0 aliphatic carbocycles. The van der Waals surface area contributed by atoms with E-state index in [-0.39, 0.29) is 6.03 Å². The van der Waals surface area contributed by atoms with Gasteiger partial charge in [0.15, 0.2) is 0 Å². The average Bonchev–Trinajstić information content (AvgIpc) is 2.57. The van der Waals surface area contributed by atoms with Gasteiger partial charge in [-0.1, -0.05) is 60.2 Å². The molecule has 0 saturated carbocycles. The van der Waals surface area contributed by atoms with Gasteiger partial charge in [-0.15, -0.1) is 0 Å². The van der Waals surface area contributed by atoms with E-state index in [0.717, 1.165) is 32.2 Å². The third-order valence-electron chi connectivity index (χ3n) is 3.84. The molecule has 0 saturated heterocycles. The van der Waals surface area contributed by atoms with Gasteiger partial charge in [0, 0.05) is 13.1 Å². The lowest BCUT2D eigenvalue weighted by atomic mass is 10.1. The highest BCUT2D eigenvalue weighted by molar-refractivity contribution is 5.73. The second-order valence-corrected chi connectivity index (χ2v) is 5.86. The Labute approximate surface area is 139 Å². The van der Waals surface area contributed by atoms with Gasteiger partial charge in [-0.3, -0.25) is 0 Å². The Balaban J connectivity index is 1.51. The molecular formula is C20H26N2O. The van der Waals surface area contributed by atoms with Crippen LogP contribution in [0.2, 0.25) is 0 Å². The first-order valence-corrected chi connectivity index (χ1v) is 8.35. The summed E-state index contributed by atoms with van der Waals surface area (Å²) in [6, 6.07) is 18.8. The first-order valence-electron chi connectivity index (χ1n) is 8.35. The molecule has 2 N–H and O–H groups in total. The lowest BCUT2D eigenvalue weighted by molar-refractivity contribution is 0.241. The summed E-state index contributed by atoms with van der Waals surface area (Å²) in [7, 11) is 0. The van der Waals surface area contributed by atoms with Gasteiger partial charge in [-0.05, 0) is 43.7 Å². The van der Waals surface area contributed by atoms with Crippen LogP contribution >= 0.6 is 0 Å². The van der Waals surface area contributed by atoms with E-state index in [1.165, 1.54) is 16.7 Å². The van der Waals surface area contributed by atoms with Crippen molar-refractivity contribution in [1.29, 1.82) is 0 Å². The minimum Gasteiger partial charge on any atom is -0.338 e. The van der Waals surface area contributed by atoms with Crippen LogP contribution in [0.1, 0.15) is 29.5 Å². The fourth-order valence-corrected chi connectivity index (χ4v) is 2.44. The molecule has 23 heavy (non-hydrogen) atoms. The molecule has 2 aromatic rings. The van der Waals surface area contributed by atoms with Crippen LogP contribution in [0, 0.1) is 6.92 Å². The molecule has 0 heterocycles. The molecule has 0 radical (unpaired) electrons. The second-order valence-electron chi connectivity index (χ2n) is 5.86. The molecule has 2 aromatic carbocycles. The predicted octanol–water partition coefficient (Wildman–Crippen LogP) is 3.86. The van der Waals surface area contributed by atoms with Gasteiger partial charge in [-0.2, -0.15) is 0 Å². The quantitative estimate of drug-likeness (QED) is 0.714. The molecular weight excluding hydrogens is 284 g/mol. The lowest BCUT2D eigenvalue weighted by Gasteiger charge is -2.08. The number of carbonyl (C=O) groups is 1. The molecule has 3 heteroatoms. The van der Waals surface area contributed by atoms with Crippen molar-refractivity contribution in [1.82, 2.24) is 10.6 Å². The molecule has 0 aliphatic rings. The number of carbonyl (C=O) groups excluding carboxylic acids is 1. The van der Waals surface area contributed by atoms with Crippen LogP contribution in [0.3, 0.4) is 0 Å². The van der Waals surface area contributed by atoms with Crippen molar-refractivity contribution in [3.05, 3.63) is 71.3 Å². The fraction of sp³-hybridized carbons (Fsp3) is 0.350. The van der Waals surface area contributed by atoms with Crippen molar-refractivity contribution in [3.63, 3.8) is 0 Å². The number of amides is 2. The Morgan fingerprint density at radius 2 is 1.43 bits per heavy atom. The maximum absolute atomic E-state index is 11.7. The minimum absolute atomic E-state index is 0.0724. The average molecular weight is 310 g/mol. The SMILES string of the molecule is Cc1ccc(CCNC(=O)NCCCCc2ccccc2)cc1. The molecule has 0 fully saturated rings. The number of hydrogen-bond donors (Lipinski definition) is 2. The van der Waals surface area contributed by atoms with Gasteiger partial charge in [0.05, 0.1) is 0 Å². The highest BCUT2D eigenvalue weighted by Gasteiger charge is 2.00. The summed E-state index contributed by atoms with van der Waals surface area (Å²) in [6.07, 6.45) is 4.02. The van der Waals surface area contributed by atoms with E-state index >= 15 is 0 Å². The summed E-state index contributed by atoms with van der Waals surface area (Å²) in [5.74, 6) is 0. The molecule has 2 amide bonds. The number of hydrogen-bond acceptors (Lipinski definition) is 1. The molecule has 0 spiro atoms. The Bertz CT molecular complexity index is 578. The predicted molar refractivity (Wildman–Crippen MR) is 95.7 cm³/mol. The molecule has 0 unspecified atom stereocenters. The summed E-state index contributed by atoms with van der Waals surface area (Å²) in [6.45, 7) is 3.47. The van der Waals surface area contributed by atoms with Crippen LogP contribution in [-0.4, -0.2) is 19.1 Å². The molecule has 0 atom stereocenters. The summed E-state index contributed by atoms with van der Waals surface area (Å²) < 4.78 is 0. The second kappa shape index (κ2) is 9.67. The van der Waals surface area contributed by atoms with Crippen LogP contribution < -0.4 is 10.6 Å². The van der Waals surface area contributed by atoms with E-state index in [1.54, 1.807) is 0 Å². The van der Waals surface area contributed by atoms with E-state index in [2.05, 4.69) is 66.1 Å². The van der Waals surface area contributed by atoms with E-state index in [9.17, 15) is 4.79 Å². The normalized spacial score (nSPS) is 10.3. The zero-order valence-corrected chi connectivity index (χ0v) is 13.8. The molecule has 0 bridgehead atoms. The van der Waals surface area contributed by atoms with Crippen molar-refractivity contribution in [2.45, 2.75) is 32.6 Å². The summed E-state index contributed by atoms with van der Waals surface area (Å²) >= 11 is 0. The summed E-state index contributed by atoms with van der Waals surface area (Å²) in [4.78, 5) is 11.7. The van der Waals surface area contributed by atoms with Crippen molar-refractivity contribution < 1.29 is 4.79 Å². The highest BCUT2D eigenvalue weighted by Crippen LogP contribution is 2.04. The molecule has 2 rings (SSSR count). The van der Waals surface area contributed by atoms with Crippen molar-refractivity contribution in [2.75, 3.05) is 13.1 Å². The number of benzene rings is 2. The van der Waals surface area contributed by atoms with Gasteiger partial charge in [0.25, 0.3) is 0 Å². The van der Waals surface area contributed by atoms with Gasteiger partial charge in [0.1, 0.15) is 0 Å². The van der Waals surface area contributed by atoms with E-state index < -0.39 is 0 Å². The molecule has 3 nitrogen and oxygen atoms in total. The van der Waals surface area contributed by atoms with Gasteiger partial charge >= 0.3 is 6.03 Å². The van der Waals surface area contributed by atoms with Gasteiger partial charge in [-0.25, -0.2) is 4.79 Å². The fourth-order valence-electron chi connectivity index (χ4n) is 2.44. The Kier molecular flexibility index (Phi) is 7.18. The minimum atomic E-state index is -0.0724. The maximum Gasteiger partial charge on any atom is 0.314 e. The number of aryl methyl sites for hydroxylation is 2. The number of unbranched alkanes of at least 4 members (excludes halogenated alkanes) is 1. The number of nitrogens with one attached hydrogen (secondary N) is 2. The third kappa shape index (κ3) is 7.00. The zero-order chi connectivity index (χ0) is 16.3. The Morgan fingerprint density at radius 3 is 2.17 bits per heavy atom. The zero-order valence-electron chi connectivity index (χ0n) is 13.8. The van der Waals surface area contributed by atoms with Crippen LogP contribution in [0.15, 0.2) is 54.6 Å². The molecule has 0 aliphatic heterocycles. The monoisotopic (exact) mass is 310 g/mol. The van der Waals surface area contributed by atoms with Gasteiger partial charge < -0.3 is 10.6 Å². The van der Waals surface area contributed by atoms with Crippen molar-refractivity contribution in [3.8, 4) is 0 Å². The lowest BCUT2D eigenvalue weighted by Crippen LogP contribution is -2.37. The van der Waals surface area contributed by atoms with Crippen LogP contribution in [0.5, 0.6) is 0 Å². The number of rotatable bonds is 8. The van der Waals surface area contributed by atoms with Crippen molar-refractivity contribution in [2.24, 2.45) is 0 Å². The largest absolute Gasteiger partial charge is 0.338 e. The summed E-state index contributed by atoms with van der Waals surface area (Å²) in [5, 5.41) is 5.82. The molecule has 122 valence electrons. The van der Waals surface area contributed by atoms with E-state index in [1.807, 2.05) is 6.07 Å². The van der Waals surface area contributed by atoms with Crippen molar-refractivity contribution >= 4 is 6.03 Å². The first-order chi connectivity index (χ1) is 11.2. The third-order valence-corrected chi connectivity index (χ3v) is 3.84. The van der Waals surface area contributed by atoms with E-state index in [0.29, 0.717) is 6.54 Å². The van der Waals surface area contributed by atoms with E-state index in [4.69, 9.17) is 0 Å². The maximum atomic E-state index is 11.7. The smallest absolute Gasteiger partial charge is 0.314 e. The van der Waals surface area contributed by atoms with Crippen LogP contribution in [0.25, 0.3) is 0 Å². The standard InChI is InChI=1S/C20H26N2O/c1-17-10-12-19(13-11-17)14-16-22-20(23)21-15-6-5-9-18-7-3-2-4-8-18/h2-4,7-8,10-13H,5-6,9,14-16H2,1H3,(H2,21,22,23). The Morgan fingerprint density at radius 1 is 0.783 bits per heavy atom. The number of urea groups is 1. The Hall–Kier alpha value is -2.29. The first kappa shape index (κ1) is 17.1. The van der Waals surface area contributed by atoms with Gasteiger partial charge in [0.2, 0.25) is 0 Å². The molecule has 0 aromatic heterocycles. The van der Waals surface area contributed by atoms with Crippen LogP contribution in [0.4, 0.5) is 4.79 Å². The summed E-state index contributed by atoms with van der Waals surface area (Å²) in [5.41, 5.74) is 3.86. The topological polar surface area (TPSA) is 41.1 Å². The van der Waals surface area contributed by atoms with Crippen LogP contribution in [-0.2, 0) is 12.8 Å².